The van der Waals surface area contributed by atoms with Crippen LogP contribution in [0.1, 0.15) is 31.4 Å². The summed E-state index contributed by atoms with van der Waals surface area (Å²) in [4.78, 5) is 0. The van der Waals surface area contributed by atoms with E-state index >= 15 is 0 Å². The van der Waals surface area contributed by atoms with E-state index in [4.69, 9.17) is 0 Å². The van der Waals surface area contributed by atoms with E-state index in [9.17, 15) is 0 Å². The Bertz CT molecular complexity index is 258. The van der Waals surface area contributed by atoms with E-state index in [2.05, 4.69) is 51.2 Å². The minimum Gasteiger partial charge on any atom is -0.383 e. The summed E-state index contributed by atoms with van der Waals surface area (Å²) in [6.07, 6.45) is 1.16. The molecule has 0 saturated carbocycles. The largest absolute Gasteiger partial charge is 0.383 e. The summed E-state index contributed by atoms with van der Waals surface area (Å²) in [6, 6.07) is 7.14. The van der Waals surface area contributed by atoms with Crippen LogP contribution in [0.4, 0.5) is 5.69 Å². The number of rotatable bonds is 3. The molecule has 72 valence electrons. The molecule has 1 rings (SSSR count). The van der Waals surface area contributed by atoms with Crippen molar-refractivity contribution in [3.8, 4) is 0 Å². The van der Waals surface area contributed by atoms with Gasteiger partial charge in [-0.15, -0.1) is 0 Å². The van der Waals surface area contributed by atoms with Crippen molar-refractivity contribution in [1.82, 2.24) is 0 Å². The lowest BCUT2D eigenvalue weighted by molar-refractivity contribution is 0.764. The average molecular weight is 177 g/mol. The van der Waals surface area contributed by atoms with Gasteiger partial charge in [0, 0.05) is 11.7 Å². The van der Waals surface area contributed by atoms with Crippen molar-refractivity contribution < 1.29 is 0 Å². The van der Waals surface area contributed by atoms with E-state index in [-0.39, 0.29) is 0 Å². The minimum absolute atomic E-state index is 0.557. The van der Waals surface area contributed by atoms with Gasteiger partial charge >= 0.3 is 0 Å². The van der Waals surface area contributed by atoms with E-state index in [1.165, 1.54) is 16.8 Å². The minimum atomic E-state index is 0.557. The Hall–Kier alpha value is -0.980. The molecule has 1 unspecified atom stereocenters. The molecule has 0 aliphatic rings. The second-order valence-corrected chi connectivity index (χ2v) is 3.83. The Labute approximate surface area is 81.2 Å². The third kappa shape index (κ3) is 3.10. The van der Waals surface area contributed by atoms with Gasteiger partial charge in [-0.2, -0.15) is 0 Å². The molecule has 0 spiro atoms. The maximum Gasteiger partial charge on any atom is 0.0347 e. The molecular formula is C12H19N. The van der Waals surface area contributed by atoms with Crippen LogP contribution in [-0.4, -0.2) is 6.04 Å². The zero-order chi connectivity index (χ0) is 9.84. The summed E-state index contributed by atoms with van der Waals surface area (Å²) in [5.41, 5.74) is 3.89. The Balaban J connectivity index is 2.77. The van der Waals surface area contributed by atoms with Gasteiger partial charge in [-0.05, 0) is 50.5 Å². The second-order valence-electron chi connectivity index (χ2n) is 3.83. The highest BCUT2D eigenvalue weighted by Crippen LogP contribution is 2.15. The zero-order valence-corrected chi connectivity index (χ0v) is 9.02. The maximum absolute atomic E-state index is 3.47. The van der Waals surface area contributed by atoms with Crippen LogP contribution in [0, 0.1) is 13.8 Å². The zero-order valence-electron chi connectivity index (χ0n) is 9.02. The fraction of sp³-hybridized carbons (Fsp3) is 0.500. The highest BCUT2D eigenvalue weighted by Gasteiger charge is 1.99. The summed E-state index contributed by atoms with van der Waals surface area (Å²) in [5.74, 6) is 0. The molecule has 0 fully saturated rings. The lowest BCUT2D eigenvalue weighted by atomic mass is 10.1. The topological polar surface area (TPSA) is 12.0 Å². The van der Waals surface area contributed by atoms with E-state index < -0.39 is 0 Å². The first kappa shape index (κ1) is 10.1. The Morgan fingerprint density at radius 1 is 1.15 bits per heavy atom. The van der Waals surface area contributed by atoms with Crippen molar-refractivity contribution in [2.24, 2.45) is 0 Å². The van der Waals surface area contributed by atoms with Gasteiger partial charge in [-0.25, -0.2) is 0 Å². The number of aryl methyl sites for hydroxylation is 2. The molecule has 0 radical (unpaired) electrons. The summed E-state index contributed by atoms with van der Waals surface area (Å²) in [6.45, 7) is 8.67. The van der Waals surface area contributed by atoms with Crippen molar-refractivity contribution in [3.63, 3.8) is 0 Å². The number of anilines is 1. The fourth-order valence-corrected chi connectivity index (χ4v) is 1.44. The quantitative estimate of drug-likeness (QED) is 0.745. The van der Waals surface area contributed by atoms with Crippen LogP contribution < -0.4 is 5.32 Å². The molecule has 1 nitrogen and oxygen atoms in total. The molecule has 1 atom stereocenters. The van der Waals surface area contributed by atoms with Gasteiger partial charge in [0.25, 0.3) is 0 Å². The highest BCUT2D eigenvalue weighted by atomic mass is 14.9. The second kappa shape index (κ2) is 4.31. The van der Waals surface area contributed by atoms with E-state index in [0.717, 1.165) is 6.42 Å². The Morgan fingerprint density at radius 2 is 1.69 bits per heavy atom. The predicted octanol–water partition coefficient (Wildman–Crippen LogP) is 3.51. The first-order valence-electron chi connectivity index (χ1n) is 4.96. The van der Waals surface area contributed by atoms with Crippen molar-refractivity contribution in [1.29, 1.82) is 0 Å². The first-order valence-corrected chi connectivity index (χ1v) is 4.96. The van der Waals surface area contributed by atoms with Crippen molar-refractivity contribution in [3.05, 3.63) is 29.3 Å². The van der Waals surface area contributed by atoms with Crippen LogP contribution in [0.25, 0.3) is 0 Å². The van der Waals surface area contributed by atoms with Crippen molar-refractivity contribution in [2.45, 2.75) is 40.2 Å². The normalized spacial score (nSPS) is 12.6. The molecule has 0 heterocycles. The number of nitrogens with one attached hydrogen (secondary N) is 1. The lowest BCUT2D eigenvalue weighted by Crippen LogP contribution is -2.13. The third-order valence-electron chi connectivity index (χ3n) is 2.25. The fourth-order valence-electron chi connectivity index (χ4n) is 1.44. The molecule has 1 N–H and O–H groups in total. The van der Waals surface area contributed by atoms with Crippen LogP contribution >= 0.6 is 0 Å². The van der Waals surface area contributed by atoms with Gasteiger partial charge in [0.05, 0.1) is 0 Å². The lowest BCUT2D eigenvalue weighted by Gasteiger charge is -2.14. The summed E-state index contributed by atoms with van der Waals surface area (Å²) >= 11 is 0. The highest BCUT2D eigenvalue weighted by molar-refractivity contribution is 5.48. The predicted molar refractivity (Wildman–Crippen MR) is 59.3 cm³/mol. The first-order chi connectivity index (χ1) is 6.11. The van der Waals surface area contributed by atoms with Crippen molar-refractivity contribution in [2.75, 3.05) is 5.32 Å². The third-order valence-corrected chi connectivity index (χ3v) is 2.25. The van der Waals surface area contributed by atoms with Gasteiger partial charge in [0.15, 0.2) is 0 Å². The summed E-state index contributed by atoms with van der Waals surface area (Å²) in [7, 11) is 0. The molecule has 0 bridgehead atoms. The molecule has 1 aromatic rings. The number of hydrogen-bond donors (Lipinski definition) is 1. The molecule has 0 amide bonds. The maximum atomic E-state index is 3.47. The van der Waals surface area contributed by atoms with Gasteiger partial charge in [0.2, 0.25) is 0 Å². The number of benzene rings is 1. The van der Waals surface area contributed by atoms with E-state index in [0.29, 0.717) is 6.04 Å². The average Bonchev–Trinajstić information content (AvgIpc) is 2.02. The van der Waals surface area contributed by atoms with E-state index in [1.807, 2.05) is 0 Å². The van der Waals surface area contributed by atoms with Crippen LogP contribution in [0.15, 0.2) is 18.2 Å². The molecule has 0 aliphatic carbocycles. The molecule has 0 aliphatic heterocycles. The van der Waals surface area contributed by atoms with Crippen LogP contribution in [0.5, 0.6) is 0 Å². The molecular weight excluding hydrogens is 158 g/mol. The van der Waals surface area contributed by atoms with Crippen LogP contribution in [0.2, 0.25) is 0 Å². The smallest absolute Gasteiger partial charge is 0.0347 e. The van der Waals surface area contributed by atoms with Gasteiger partial charge in [-0.1, -0.05) is 13.0 Å². The molecule has 1 aromatic carbocycles. The SMILES string of the molecule is CCC(C)Nc1cc(C)cc(C)c1. The summed E-state index contributed by atoms with van der Waals surface area (Å²) in [5, 5.41) is 3.47. The van der Waals surface area contributed by atoms with Crippen molar-refractivity contribution >= 4 is 5.69 Å². The standard InChI is InChI=1S/C12H19N/c1-5-11(4)13-12-7-9(2)6-10(3)8-12/h6-8,11,13H,5H2,1-4H3. The number of hydrogen-bond acceptors (Lipinski definition) is 1. The summed E-state index contributed by atoms with van der Waals surface area (Å²) < 4.78 is 0. The molecule has 13 heavy (non-hydrogen) atoms. The molecule has 0 saturated heterocycles. The monoisotopic (exact) mass is 177 g/mol. The van der Waals surface area contributed by atoms with Gasteiger partial charge in [-0.3, -0.25) is 0 Å². The van der Waals surface area contributed by atoms with Crippen LogP contribution in [-0.2, 0) is 0 Å². The Kier molecular flexibility index (Phi) is 3.35. The molecule has 0 aromatic heterocycles. The Morgan fingerprint density at radius 3 is 2.15 bits per heavy atom. The van der Waals surface area contributed by atoms with Crippen LogP contribution in [0.3, 0.4) is 0 Å². The van der Waals surface area contributed by atoms with Gasteiger partial charge < -0.3 is 5.32 Å². The molecule has 1 heteroatoms. The van der Waals surface area contributed by atoms with E-state index in [1.54, 1.807) is 0 Å². The van der Waals surface area contributed by atoms with Gasteiger partial charge in [0.1, 0.15) is 0 Å².